The van der Waals surface area contributed by atoms with Gasteiger partial charge < -0.3 is 10.6 Å². The molecule has 1 aliphatic heterocycles. The van der Waals surface area contributed by atoms with Crippen molar-refractivity contribution in [3.63, 3.8) is 0 Å². The van der Waals surface area contributed by atoms with Crippen molar-refractivity contribution in [3.05, 3.63) is 77.1 Å². The van der Waals surface area contributed by atoms with Gasteiger partial charge in [-0.15, -0.1) is 0 Å². The second-order valence-corrected chi connectivity index (χ2v) is 9.43. The smallest absolute Gasteiger partial charge is 0.354 e. The molecule has 40 heavy (non-hydrogen) atoms. The van der Waals surface area contributed by atoms with Gasteiger partial charge in [-0.1, -0.05) is 12.1 Å². The zero-order chi connectivity index (χ0) is 28.7. The maximum absolute atomic E-state index is 14.6. The first-order valence-corrected chi connectivity index (χ1v) is 12.2. The molecule has 0 aliphatic carbocycles. The number of benzene rings is 3. The quantitative estimate of drug-likeness (QED) is 0.257. The van der Waals surface area contributed by atoms with E-state index in [2.05, 4.69) is 20.6 Å². The average molecular weight is 559 g/mol. The second kappa shape index (κ2) is 10.4. The molecule has 4 aromatic rings. The predicted molar refractivity (Wildman–Crippen MR) is 135 cm³/mol. The van der Waals surface area contributed by atoms with E-state index >= 15 is 0 Å². The highest BCUT2D eigenvalue weighted by Gasteiger charge is 2.37. The van der Waals surface area contributed by atoms with Crippen LogP contribution < -0.4 is 10.6 Å². The van der Waals surface area contributed by atoms with E-state index in [1.165, 1.54) is 30.3 Å². The van der Waals surface area contributed by atoms with Crippen molar-refractivity contribution in [3.8, 4) is 28.5 Å². The number of nitrogens with zero attached hydrogens (tertiary/aromatic N) is 3. The molecule has 1 unspecified atom stereocenters. The van der Waals surface area contributed by atoms with Crippen LogP contribution >= 0.6 is 0 Å². The van der Waals surface area contributed by atoms with Gasteiger partial charge in [0.2, 0.25) is 5.95 Å². The molecule has 0 spiro atoms. The van der Waals surface area contributed by atoms with Gasteiger partial charge in [-0.2, -0.15) is 31.6 Å². The van der Waals surface area contributed by atoms with Gasteiger partial charge in [0.1, 0.15) is 11.9 Å². The average Bonchev–Trinajstić information content (AvgIpc) is 3.43. The summed E-state index contributed by atoms with van der Waals surface area (Å²) < 4.78 is 96.2. The highest BCUT2D eigenvalue weighted by atomic mass is 19.4. The summed E-state index contributed by atoms with van der Waals surface area (Å²) in [5.74, 6) is -0.312. The van der Waals surface area contributed by atoms with E-state index in [1.807, 2.05) is 0 Å². The monoisotopic (exact) mass is 559 g/mol. The van der Waals surface area contributed by atoms with E-state index < -0.39 is 34.9 Å². The van der Waals surface area contributed by atoms with Crippen molar-refractivity contribution < 1.29 is 30.7 Å². The Hall–Kier alpha value is -4.24. The van der Waals surface area contributed by atoms with Crippen LogP contribution in [0.1, 0.15) is 23.1 Å². The van der Waals surface area contributed by atoms with Crippen LogP contribution in [-0.2, 0) is 12.4 Å². The Kier molecular flexibility index (Phi) is 7.10. The van der Waals surface area contributed by atoms with Gasteiger partial charge in [0, 0.05) is 17.5 Å². The summed E-state index contributed by atoms with van der Waals surface area (Å²) in [6.07, 6.45) is -8.84. The lowest BCUT2D eigenvalue weighted by Gasteiger charge is -2.17. The molecule has 1 aliphatic rings. The molecule has 2 heterocycles. The Morgan fingerprint density at radius 1 is 0.925 bits per heavy atom. The Morgan fingerprint density at radius 3 is 2.35 bits per heavy atom. The second-order valence-electron chi connectivity index (χ2n) is 9.43. The first kappa shape index (κ1) is 27.3. The van der Waals surface area contributed by atoms with Gasteiger partial charge in [0.15, 0.2) is 0 Å². The number of nitriles is 1. The number of hydrogen-bond donors (Lipinski definition) is 2. The number of fused-ring (bicyclic) bond motifs is 1. The van der Waals surface area contributed by atoms with Gasteiger partial charge in [-0.25, -0.2) is 14.4 Å². The largest absolute Gasteiger partial charge is 0.417 e. The van der Waals surface area contributed by atoms with E-state index in [-0.39, 0.29) is 39.2 Å². The lowest BCUT2D eigenvalue weighted by Crippen LogP contribution is -2.18. The summed E-state index contributed by atoms with van der Waals surface area (Å²) in [5, 5.41) is 15.7. The number of nitrogens with one attached hydrogen (secondary N) is 2. The molecule has 5 rings (SSSR count). The van der Waals surface area contributed by atoms with Crippen LogP contribution in [0.5, 0.6) is 0 Å². The van der Waals surface area contributed by atoms with Crippen molar-refractivity contribution >= 4 is 16.9 Å². The van der Waals surface area contributed by atoms with Crippen LogP contribution in [0.4, 0.5) is 36.7 Å². The normalized spacial score (nSPS) is 15.8. The number of aromatic nitrogens is 2. The fourth-order valence-corrected chi connectivity index (χ4v) is 4.68. The van der Waals surface area contributed by atoms with Crippen LogP contribution in [0.15, 0.2) is 54.6 Å². The van der Waals surface area contributed by atoms with Gasteiger partial charge in [0.25, 0.3) is 0 Å². The molecule has 0 radical (unpaired) electrons. The molecule has 1 atom stereocenters. The minimum Gasteiger partial charge on any atom is -0.354 e. The number of halogens is 7. The summed E-state index contributed by atoms with van der Waals surface area (Å²) in [4.78, 5) is 8.95. The number of alkyl halides is 6. The van der Waals surface area contributed by atoms with Gasteiger partial charge >= 0.3 is 12.4 Å². The minimum atomic E-state index is -4.92. The lowest BCUT2D eigenvalue weighted by molar-refractivity contribution is -0.141. The van der Waals surface area contributed by atoms with Crippen molar-refractivity contribution in [1.82, 2.24) is 15.3 Å². The fourth-order valence-electron chi connectivity index (χ4n) is 4.68. The third-order valence-corrected chi connectivity index (χ3v) is 6.73. The molecular formula is C28H20F7N5. The van der Waals surface area contributed by atoms with Crippen LogP contribution in [0.2, 0.25) is 0 Å². The van der Waals surface area contributed by atoms with Crippen molar-refractivity contribution in [2.75, 3.05) is 25.0 Å². The Labute approximate surface area is 223 Å². The maximum atomic E-state index is 14.6. The lowest BCUT2D eigenvalue weighted by atomic mass is 9.94. The molecule has 1 aromatic heterocycles. The van der Waals surface area contributed by atoms with Crippen LogP contribution in [-0.4, -0.2) is 29.6 Å². The first-order chi connectivity index (χ1) is 18.9. The highest BCUT2D eigenvalue weighted by Crippen LogP contribution is 2.42. The summed E-state index contributed by atoms with van der Waals surface area (Å²) in [6, 6.07) is 10.6. The molecule has 2 N–H and O–H groups in total. The molecule has 1 saturated heterocycles. The Morgan fingerprint density at radius 2 is 1.70 bits per heavy atom. The molecule has 5 nitrogen and oxygen atoms in total. The highest BCUT2D eigenvalue weighted by molar-refractivity contribution is 5.96. The topological polar surface area (TPSA) is 73.6 Å². The summed E-state index contributed by atoms with van der Waals surface area (Å²) in [7, 11) is 0. The summed E-state index contributed by atoms with van der Waals surface area (Å²) in [5.41, 5.74) is -2.87. The van der Waals surface area contributed by atoms with Crippen molar-refractivity contribution in [2.24, 2.45) is 5.92 Å². The minimum absolute atomic E-state index is 0.142. The van der Waals surface area contributed by atoms with E-state index in [9.17, 15) is 30.7 Å². The maximum Gasteiger partial charge on any atom is 0.417 e. The van der Waals surface area contributed by atoms with Crippen LogP contribution in [0, 0.1) is 23.1 Å². The van der Waals surface area contributed by atoms with Gasteiger partial charge in [-0.05, 0) is 79.0 Å². The molecule has 206 valence electrons. The molecule has 12 heteroatoms. The van der Waals surface area contributed by atoms with Crippen molar-refractivity contribution in [2.45, 2.75) is 18.8 Å². The SMILES string of the molecule is N#Cc1ccc(-c2nc(NCC3CCNC3)nc3ccc(-c4cc(C(F)(F)F)ccc4C(F)(F)F)cc23)cc1F. The van der Waals surface area contributed by atoms with E-state index in [4.69, 9.17) is 5.26 Å². The van der Waals surface area contributed by atoms with Crippen molar-refractivity contribution in [1.29, 1.82) is 5.26 Å². The fraction of sp³-hybridized carbons (Fsp3) is 0.250. The standard InChI is InChI=1S/C28H20F7N5/c29-23-10-17(1-2-18(23)12-36)25-21-9-16(20-11-19(27(30,31)32)4-5-22(20)28(33,34)35)3-6-24(21)39-26(40-25)38-14-15-7-8-37-13-15/h1-6,9-11,15,37H,7-8,13-14H2,(H,38,39,40). The Balaban J connectivity index is 1.69. The molecule has 0 bridgehead atoms. The molecular weight excluding hydrogens is 539 g/mol. The number of anilines is 1. The predicted octanol–water partition coefficient (Wildman–Crippen LogP) is 7.03. The molecule has 1 fully saturated rings. The van der Waals surface area contributed by atoms with E-state index in [0.29, 0.717) is 30.7 Å². The third kappa shape index (κ3) is 5.56. The Bertz CT molecular complexity index is 1620. The van der Waals surface area contributed by atoms with Crippen LogP contribution in [0.3, 0.4) is 0 Å². The van der Waals surface area contributed by atoms with E-state index in [1.54, 1.807) is 6.07 Å². The molecule has 0 amide bonds. The van der Waals surface area contributed by atoms with E-state index in [0.717, 1.165) is 25.6 Å². The first-order valence-electron chi connectivity index (χ1n) is 12.2. The third-order valence-electron chi connectivity index (χ3n) is 6.73. The number of rotatable bonds is 5. The van der Waals surface area contributed by atoms with Gasteiger partial charge in [-0.3, -0.25) is 0 Å². The zero-order valence-electron chi connectivity index (χ0n) is 20.6. The zero-order valence-corrected chi connectivity index (χ0v) is 20.6. The van der Waals surface area contributed by atoms with Crippen LogP contribution in [0.25, 0.3) is 33.3 Å². The number of hydrogen-bond acceptors (Lipinski definition) is 5. The summed E-state index contributed by atoms with van der Waals surface area (Å²) in [6.45, 7) is 2.21. The molecule has 0 saturated carbocycles. The summed E-state index contributed by atoms with van der Waals surface area (Å²) >= 11 is 0. The van der Waals surface area contributed by atoms with Gasteiger partial charge in [0.05, 0.1) is 27.9 Å². The molecule has 3 aromatic carbocycles.